The van der Waals surface area contributed by atoms with Crippen molar-refractivity contribution in [1.82, 2.24) is 0 Å². The largest absolute Gasteiger partial charge is 0.457 e. The predicted molar refractivity (Wildman–Crippen MR) is 98.3 cm³/mol. The van der Waals surface area contributed by atoms with E-state index in [2.05, 4.69) is 0 Å². The fraction of sp³-hybridized carbons (Fsp3) is 0.100. The Morgan fingerprint density at radius 3 is 1.23 bits per heavy atom. The molecule has 3 aromatic rings. The Balaban J connectivity index is 2.17. The van der Waals surface area contributed by atoms with Gasteiger partial charge in [0, 0.05) is 11.4 Å². The second kappa shape index (κ2) is 7.69. The highest BCUT2D eigenvalue weighted by molar-refractivity contribution is 5.54. The summed E-state index contributed by atoms with van der Waals surface area (Å²) < 4.78 is 91.7. The summed E-state index contributed by atoms with van der Waals surface area (Å²) in [4.78, 5) is 0. The molecule has 0 heterocycles. The van der Waals surface area contributed by atoms with E-state index in [9.17, 15) is 26.3 Å². The summed E-state index contributed by atoms with van der Waals surface area (Å²) in [7, 11) is 0. The van der Waals surface area contributed by atoms with E-state index in [1.165, 1.54) is 48.5 Å². The first-order valence-corrected chi connectivity index (χ1v) is 8.33. The molecule has 0 unspecified atom stereocenters. The molecule has 0 saturated heterocycles. The first-order chi connectivity index (χ1) is 13.9. The van der Waals surface area contributed by atoms with Gasteiger partial charge in [-0.15, -0.1) is 0 Å². The molecule has 0 aromatic heterocycles. The molecule has 0 aliphatic rings. The number of ether oxygens (including phenoxy) is 2. The molecule has 10 heteroatoms. The molecule has 0 saturated carbocycles. The van der Waals surface area contributed by atoms with Crippen molar-refractivity contribution in [2.75, 3.05) is 11.5 Å². The van der Waals surface area contributed by atoms with Gasteiger partial charge in [-0.3, -0.25) is 0 Å². The number of anilines is 2. The van der Waals surface area contributed by atoms with Gasteiger partial charge >= 0.3 is 12.4 Å². The molecule has 0 aliphatic carbocycles. The third-order valence-electron chi connectivity index (χ3n) is 3.89. The van der Waals surface area contributed by atoms with Gasteiger partial charge < -0.3 is 20.9 Å². The SMILES string of the molecule is Nc1ccc(Oc2cc(C(F)(F)F)cc(Oc3ccc(N)cc3)c2C(F)(F)F)cc1. The maximum Gasteiger partial charge on any atom is 0.423 e. The highest BCUT2D eigenvalue weighted by atomic mass is 19.4. The second-order valence-electron chi connectivity index (χ2n) is 6.19. The summed E-state index contributed by atoms with van der Waals surface area (Å²) in [6.45, 7) is 0. The molecular formula is C20H14F6N2O2. The topological polar surface area (TPSA) is 70.5 Å². The van der Waals surface area contributed by atoms with Gasteiger partial charge in [-0.2, -0.15) is 26.3 Å². The Morgan fingerprint density at radius 1 is 0.567 bits per heavy atom. The maximum absolute atomic E-state index is 13.8. The zero-order chi connectivity index (χ0) is 22.1. The van der Waals surface area contributed by atoms with Gasteiger partial charge in [-0.25, -0.2) is 0 Å². The lowest BCUT2D eigenvalue weighted by atomic mass is 10.1. The van der Waals surface area contributed by atoms with E-state index >= 15 is 0 Å². The van der Waals surface area contributed by atoms with Crippen LogP contribution in [0.25, 0.3) is 0 Å². The zero-order valence-electron chi connectivity index (χ0n) is 15.0. The normalized spacial score (nSPS) is 11.9. The number of benzene rings is 3. The van der Waals surface area contributed by atoms with E-state index in [-0.39, 0.29) is 23.6 Å². The molecule has 0 fully saturated rings. The summed E-state index contributed by atoms with van der Waals surface area (Å²) >= 11 is 0. The van der Waals surface area contributed by atoms with Crippen molar-refractivity contribution in [3.05, 3.63) is 71.8 Å². The van der Waals surface area contributed by atoms with E-state index in [1.54, 1.807) is 0 Å². The number of halogens is 6. The quantitative estimate of drug-likeness (QED) is 0.369. The minimum atomic E-state index is -5.07. The lowest BCUT2D eigenvalue weighted by Gasteiger charge is -2.20. The minimum absolute atomic E-state index is 0.132. The lowest BCUT2D eigenvalue weighted by Crippen LogP contribution is -2.13. The number of hydrogen-bond donors (Lipinski definition) is 2. The first kappa shape index (κ1) is 21.2. The van der Waals surface area contributed by atoms with Crippen molar-refractivity contribution < 1.29 is 35.8 Å². The number of nitrogens with two attached hydrogens (primary N) is 2. The molecule has 0 amide bonds. The van der Waals surface area contributed by atoms with E-state index < -0.39 is 35.0 Å². The van der Waals surface area contributed by atoms with Crippen molar-refractivity contribution >= 4 is 11.4 Å². The van der Waals surface area contributed by atoms with Crippen LogP contribution in [0, 0.1) is 0 Å². The van der Waals surface area contributed by atoms with Crippen LogP contribution in [0.4, 0.5) is 37.7 Å². The van der Waals surface area contributed by atoms with Crippen molar-refractivity contribution in [3.63, 3.8) is 0 Å². The summed E-state index contributed by atoms with van der Waals surface area (Å²) in [6, 6.07) is 10.8. The summed E-state index contributed by atoms with van der Waals surface area (Å²) in [5.41, 5.74) is 8.75. The number of rotatable bonds is 4. The molecule has 30 heavy (non-hydrogen) atoms. The third kappa shape index (κ3) is 4.88. The smallest absolute Gasteiger partial charge is 0.423 e. The minimum Gasteiger partial charge on any atom is -0.457 e. The van der Waals surface area contributed by atoms with Crippen molar-refractivity contribution in [3.8, 4) is 23.0 Å². The molecule has 3 rings (SSSR count). The molecular weight excluding hydrogens is 414 g/mol. The van der Waals surface area contributed by atoms with Gasteiger partial charge in [0.15, 0.2) is 0 Å². The first-order valence-electron chi connectivity index (χ1n) is 8.33. The molecule has 3 aromatic carbocycles. The van der Waals surface area contributed by atoms with Crippen LogP contribution in [0.3, 0.4) is 0 Å². The number of alkyl halides is 6. The second-order valence-corrected chi connectivity index (χ2v) is 6.19. The van der Waals surface area contributed by atoms with Crippen LogP contribution < -0.4 is 20.9 Å². The van der Waals surface area contributed by atoms with Crippen molar-refractivity contribution in [2.45, 2.75) is 12.4 Å². The number of nitrogen functional groups attached to an aromatic ring is 2. The number of hydrogen-bond acceptors (Lipinski definition) is 4. The Hall–Kier alpha value is -3.56. The van der Waals surface area contributed by atoms with Gasteiger partial charge in [-0.05, 0) is 60.7 Å². The van der Waals surface area contributed by atoms with Crippen LogP contribution in [0.15, 0.2) is 60.7 Å². The highest BCUT2D eigenvalue weighted by Gasteiger charge is 2.42. The molecule has 0 bridgehead atoms. The summed E-state index contributed by atoms with van der Waals surface area (Å²) in [5, 5.41) is 0. The molecule has 0 radical (unpaired) electrons. The van der Waals surface area contributed by atoms with Gasteiger partial charge in [0.2, 0.25) is 0 Å². The van der Waals surface area contributed by atoms with Gasteiger partial charge in [0.25, 0.3) is 0 Å². The fourth-order valence-corrected chi connectivity index (χ4v) is 2.52. The Morgan fingerprint density at radius 2 is 0.933 bits per heavy atom. The standard InChI is InChI=1S/C20H14F6N2O2/c21-19(22,23)11-9-16(29-14-5-1-12(27)2-6-14)18(20(24,25)26)17(10-11)30-15-7-3-13(28)4-8-15/h1-10H,27-28H2. The summed E-state index contributed by atoms with van der Waals surface area (Å²) in [5.74, 6) is -2.39. The average molecular weight is 428 g/mol. The van der Waals surface area contributed by atoms with Crippen LogP contribution in [0.2, 0.25) is 0 Å². The Bertz CT molecular complexity index is 961. The van der Waals surface area contributed by atoms with Crippen LogP contribution in [0.5, 0.6) is 23.0 Å². The van der Waals surface area contributed by atoms with Gasteiger partial charge in [0.05, 0.1) is 5.56 Å². The van der Waals surface area contributed by atoms with Crippen LogP contribution in [0.1, 0.15) is 11.1 Å². The fourth-order valence-electron chi connectivity index (χ4n) is 2.52. The van der Waals surface area contributed by atoms with Gasteiger partial charge in [0.1, 0.15) is 28.6 Å². The van der Waals surface area contributed by atoms with E-state index in [1.807, 2.05) is 0 Å². The molecule has 0 spiro atoms. The van der Waals surface area contributed by atoms with E-state index in [4.69, 9.17) is 20.9 Å². The van der Waals surface area contributed by atoms with Crippen molar-refractivity contribution in [1.29, 1.82) is 0 Å². The third-order valence-corrected chi connectivity index (χ3v) is 3.89. The zero-order valence-corrected chi connectivity index (χ0v) is 15.0. The van der Waals surface area contributed by atoms with E-state index in [0.29, 0.717) is 11.4 Å². The van der Waals surface area contributed by atoms with Gasteiger partial charge in [-0.1, -0.05) is 0 Å². The van der Waals surface area contributed by atoms with Crippen LogP contribution in [-0.4, -0.2) is 0 Å². The molecule has 0 atom stereocenters. The average Bonchev–Trinajstić information content (AvgIpc) is 2.63. The Kier molecular flexibility index (Phi) is 5.43. The maximum atomic E-state index is 13.8. The van der Waals surface area contributed by atoms with Crippen molar-refractivity contribution in [2.24, 2.45) is 0 Å². The monoisotopic (exact) mass is 428 g/mol. The molecule has 4 N–H and O–H groups in total. The highest BCUT2D eigenvalue weighted by Crippen LogP contribution is 2.48. The molecule has 158 valence electrons. The predicted octanol–water partition coefficient (Wildman–Crippen LogP) is 6.47. The van der Waals surface area contributed by atoms with Crippen LogP contribution in [-0.2, 0) is 12.4 Å². The molecule has 0 aliphatic heterocycles. The Labute approximate surface area is 166 Å². The molecule has 4 nitrogen and oxygen atoms in total. The lowest BCUT2D eigenvalue weighted by molar-refractivity contribution is -0.143. The van der Waals surface area contributed by atoms with E-state index in [0.717, 1.165) is 0 Å². The van der Waals surface area contributed by atoms with Crippen LogP contribution >= 0.6 is 0 Å². The summed E-state index contributed by atoms with van der Waals surface area (Å²) in [6.07, 6.45) is -10.0.